The number of hydrogen-bond acceptors (Lipinski definition) is 5. The molecule has 0 bridgehead atoms. The van der Waals surface area contributed by atoms with E-state index in [4.69, 9.17) is 8.83 Å². The third-order valence-corrected chi connectivity index (χ3v) is 4.11. The lowest BCUT2D eigenvalue weighted by Crippen LogP contribution is -2.46. The van der Waals surface area contributed by atoms with Crippen LogP contribution in [0.4, 0.5) is 0 Å². The highest BCUT2D eigenvalue weighted by Gasteiger charge is 2.41. The first-order chi connectivity index (χ1) is 9.72. The highest BCUT2D eigenvalue weighted by Crippen LogP contribution is 2.38. The molecular formula is C15H18N2O3. The zero-order valence-corrected chi connectivity index (χ0v) is 11.5. The van der Waals surface area contributed by atoms with Crippen LogP contribution in [0.1, 0.15) is 37.5 Å². The van der Waals surface area contributed by atoms with Gasteiger partial charge in [0.1, 0.15) is 11.5 Å². The van der Waals surface area contributed by atoms with Gasteiger partial charge in [-0.2, -0.15) is 0 Å². The van der Waals surface area contributed by atoms with Gasteiger partial charge in [0.15, 0.2) is 0 Å². The van der Waals surface area contributed by atoms with Crippen molar-refractivity contribution >= 4 is 5.71 Å². The van der Waals surface area contributed by atoms with Crippen molar-refractivity contribution in [2.24, 2.45) is 17.0 Å². The summed E-state index contributed by atoms with van der Waals surface area (Å²) in [6.45, 7) is 4.06. The van der Waals surface area contributed by atoms with Crippen molar-refractivity contribution in [3.05, 3.63) is 48.3 Å². The maximum absolute atomic E-state index is 9.36. The Morgan fingerprint density at radius 2 is 1.50 bits per heavy atom. The molecule has 1 saturated heterocycles. The molecule has 20 heavy (non-hydrogen) atoms. The summed E-state index contributed by atoms with van der Waals surface area (Å²) in [5, 5.41) is 16.4. The molecule has 2 N–H and O–H groups in total. The molecule has 0 saturated carbocycles. The number of nitrogens with zero attached hydrogens (tertiary/aromatic N) is 1. The molecule has 5 heteroatoms. The largest absolute Gasteiger partial charge is 0.468 e. The Hall–Kier alpha value is -2.01. The van der Waals surface area contributed by atoms with E-state index < -0.39 is 0 Å². The summed E-state index contributed by atoms with van der Waals surface area (Å²) in [6, 6.07) is 7.50. The monoisotopic (exact) mass is 274 g/mol. The minimum absolute atomic E-state index is 0.0396. The van der Waals surface area contributed by atoms with Crippen LogP contribution in [0.5, 0.6) is 0 Å². The number of rotatable bonds is 2. The first kappa shape index (κ1) is 13.0. The van der Waals surface area contributed by atoms with Gasteiger partial charge in [0, 0.05) is 11.8 Å². The van der Waals surface area contributed by atoms with Gasteiger partial charge < -0.3 is 14.0 Å². The second kappa shape index (κ2) is 5.17. The van der Waals surface area contributed by atoms with Crippen LogP contribution in [0.3, 0.4) is 0 Å². The van der Waals surface area contributed by atoms with Gasteiger partial charge in [-0.15, -0.1) is 0 Å². The van der Waals surface area contributed by atoms with E-state index in [0.717, 1.165) is 17.2 Å². The van der Waals surface area contributed by atoms with E-state index >= 15 is 0 Å². The van der Waals surface area contributed by atoms with Crippen LogP contribution in [0.25, 0.3) is 0 Å². The highest BCUT2D eigenvalue weighted by molar-refractivity contribution is 5.90. The van der Waals surface area contributed by atoms with Crippen LogP contribution < -0.4 is 5.32 Å². The molecule has 0 aliphatic carbocycles. The quantitative estimate of drug-likeness (QED) is 0.650. The van der Waals surface area contributed by atoms with E-state index in [9.17, 15) is 5.21 Å². The minimum Gasteiger partial charge on any atom is -0.468 e. The van der Waals surface area contributed by atoms with E-state index in [2.05, 4.69) is 10.5 Å². The SMILES string of the molecule is C[C@@H]1C(=NO)[C@H](C)[C@H](c2ccco2)N[C@@H]1c1ccco1. The molecule has 106 valence electrons. The minimum atomic E-state index is -0.0396. The third kappa shape index (κ3) is 2.04. The molecule has 1 aliphatic heterocycles. The predicted octanol–water partition coefficient (Wildman–Crippen LogP) is 3.36. The van der Waals surface area contributed by atoms with Crippen molar-refractivity contribution in [2.75, 3.05) is 0 Å². The van der Waals surface area contributed by atoms with E-state index in [0.29, 0.717) is 0 Å². The zero-order valence-electron chi connectivity index (χ0n) is 11.5. The van der Waals surface area contributed by atoms with Crippen molar-refractivity contribution in [1.82, 2.24) is 5.32 Å². The Morgan fingerprint density at radius 1 is 1.00 bits per heavy atom. The Morgan fingerprint density at radius 3 is 1.85 bits per heavy atom. The van der Waals surface area contributed by atoms with Gasteiger partial charge >= 0.3 is 0 Å². The second-order valence-electron chi connectivity index (χ2n) is 5.26. The molecule has 1 fully saturated rings. The summed E-state index contributed by atoms with van der Waals surface area (Å²) in [5.74, 6) is 1.77. The number of hydrogen-bond donors (Lipinski definition) is 2. The first-order valence-electron chi connectivity index (χ1n) is 6.77. The van der Waals surface area contributed by atoms with Crippen LogP contribution in [-0.4, -0.2) is 10.9 Å². The molecule has 4 atom stereocenters. The molecule has 0 spiro atoms. The maximum Gasteiger partial charge on any atom is 0.121 e. The van der Waals surface area contributed by atoms with Crippen molar-refractivity contribution < 1.29 is 14.0 Å². The molecule has 0 amide bonds. The summed E-state index contributed by atoms with van der Waals surface area (Å²) in [5.41, 5.74) is 0.756. The number of nitrogens with one attached hydrogen (secondary N) is 1. The van der Waals surface area contributed by atoms with Crippen LogP contribution in [0.15, 0.2) is 50.8 Å². The number of piperidine rings is 1. The van der Waals surface area contributed by atoms with Crippen LogP contribution >= 0.6 is 0 Å². The van der Waals surface area contributed by atoms with Crippen LogP contribution in [-0.2, 0) is 0 Å². The number of furan rings is 2. The van der Waals surface area contributed by atoms with Crippen molar-refractivity contribution in [3.8, 4) is 0 Å². The number of oxime groups is 1. The van der Waals surface area contributed by atoms with E-state index in [1.54, 1.807) is 12.5 Å². The third-order valence-electron chi connectivity index (χ3n) is 4.11. The van der Waals surface area contributed by atoms with Gasteiger partial charge in [0.2, 0.25) is 0 Å². The molecule has 0 aromatic carbocycles. The summed E-state index contributed by atoms with van der Waals surface area (Å²) >= 11 is 0. The highest BCUT2D eigenvalue weighted by atomic mass is 16.4. The van der Waals surface area contributed by atoms with E-state index in [1.165, 1.54) is 0 Å². The lowest BCUT2D eigenvalue weighted by atomic mass is 9.78. The fraction of sp³-hybridized carbons (Fsp3) is 0.400. The fourth-order valence-electron chi connectivity index (χ4n) is 3.01. The smallest absolute Gasteiger partial charge is 0.121 e. The van der Waals surface area contributed by atoms with Gasteiger partial charge in [0.05, 0.1) is 30.3 Å². The molecule has 0 radical (unpaired) electrons. The normalized spacial score (nSPS) is 32.6. The molecule has 2 aromatic rings. The lowest BCUT2D eigenvalue weighted by molar-refractivity contribution is 0.236. The summed E-state index contributed by atoms with van der Waals surface area (Å²) in [4.78, 5) is 0. The maximum atomic E-state index is 9.36. The predicted molar refractivity (Wildman–Crippen MR) is 73.6 cm³/mol. The lowest BCUT2D eigenvalue weighted by Gasteiger charge is -2.38. The molecule has 3 rings (SSSR count). The Balaban J connectivity index is 1.97. The van der Waals surface area contributed by atoms with Crippen molar-refractivity contribution in [1.29, 1.82) is 0 Å². The molecule has 3 heterocycles. The Bertz CT molecular complexity index is 526. The first-order valence-corrected chi connectivity index (χ1v) is 6.77. The zero-order chi connectivity index (χ0) is 14.1. The Labute approximate surface area is 117 Å². The standard InChI is InChI=1S/C15H18N2O3/c1-9-13(17-18)10(2)15(12-6-4-8-20-12)16-14(9)11-5-3-7-19-11/h3-10,14-16,18H,1-2H3/t9-,10+,14+,15-. The van der Waals surface area contributed by atoms with E-state index in [-0.39, 0.29) is 23.9 Å². The average molecular weight is 274 g/mol. The summed E-state index contributed by atoms with van der Waals surface area (Å²) in [6.07, 6.45) is 3.30. The van der Waals surface area contributed by atoms with Gasteiger partial charge in [-0.3, -0.25) is 5.32 Å². The topological polar surface area (TPSA) is 70.9 Å². The average Bonchev–Trinajstić information content (AvgIpc) is 3.12. The van der Waals surface area contributed by atoms with E-state index in [1.807, 2.05) is 38.1 Å². The summed E-state index contributed by atoms with van der Waals surface area (Å²) in [7, 11) is 0. The van der Waals surface area contributed by atoms with Crippen LogP contribution in [0, 0.1) is 11.8 Å². The van der Waals surface area contributed by atoms with Gasteiger partial charge in [-0.1, -0.05) is 19.0 Å². The van der Waals surface area contributed by atoms with Gasteiger partial charge in [-0.25, -0.2) is 0 Å². The molecule has 0 unspecified atom stereocenters. The van der Waals surface area contributed by atoms with Crippen LogP contribution in [0.2, 0.25) is 0 Å². The molecule has 1 aliphatic rings. The molecule has 2 aromatic heterocycles. The second-order valence-corrected chi connectivity index (χ2v) is 5.26. The van der Waals surface area contributed by atoms with Crippen molar-refractivity contribution in [3.63, 3.8) is 0 Å². The molecule has 5 nitrogen and oxygen atoms in total. The fourth-order valence-corrected chi connectivity index (χ4v) is 3.01. The van der Waals surface area contributed by atoms with Gasteiger partial charge in [-0.05, 0) is 24.3 Å². The Kier molecular flexibility index (Phi) is 3.36. The molecular weight excluding hydrogens is 256 g/mol. The van der Waals surface area contributed by atoms with Crippen molar-refractivity contribution in [2.45, 2.75) is 25.9 Å². The summed E-state index contributed by atoms with van der Waals surface area (Å²) < 4.78 is 11.0. The van der Waals surface area contributed by atoms with Gasteiger partial charge in [0.25, 0.3) is 0 Å².